The first-order chi connectivity index (χ1) is 21.8. The average molecular weight is 679 g/mol. The number of alkyl halides is 3. The number of anilines is 1. The van der Waals surface area contributed by atoms with Crippen molar-refractivity contribution in [1.82, 2.24) is 5.32 Å². The van der Waals surface area contributed by atoms with Gasteiger partial charge in [0.2, 0.25) is 0 Å². The fourth-order valence-corrected chi connectivity index (χ4v) is 5.89. The topological polar surface area (TPSA) is 94.2 Å². The van der Waals surface area contributed by atoms with Crippen molar-refractivity contribution in [3.05, 3.63) is 69.7 Å². The molecule has 4 rings (SSSR count). The van der Waals surface area contributed by atoms with Gasteiger partial charge in [-0.25, -0.2) is 9.18 Å². The molecule has 3 aromatic rings. The van der Waals surface area contributed by atoms with Crippen LogP contribution in [-0.2, 0) is 43.1 Å². The van der Waals surface area contributed by atoms with Crippen LogP contribution in [0.15, 0.2) is 48.5 Å². The summed E-state index contributed by atoms with van der Waals surface area (Å²) in [5, 5.41) is 2.80. The normalized spacial score (nSPS) is 14.0. The lowest BCUT2D eigenvalue weighted by molar-refractivity contribution is -0.160. The number of rotatable bonds is 10. The second-order valence-corrected chi connectivity index (χ2v) is 14.2. The van der Waals surface area contributed by atoms with E-state index < -0.39 is 52.0 Å². The van der Waals surface area contributed by atoms with Crippen LogP contribution in [0.4, 0.5) is 23.2 Å². The van der Waals surface area contributed by atoms with Gasteiger partial charge in [0.1, 0.15) is 22.7 Å². The van der Waals surface area contributed by atoms with Crippen LogP contribution < -0.4 is 15.0 Å². The summed E-state index contributed by atoms with van der Waals surface area (Å²) in [6.45, 7) is 9.88. The third-order valence-electron chi connectivity index (χ3n) is 6.78. The highest BCUT2D eigenvalue weighted by Crippen LogP contribution is 2.43. The van der Waals surface area contributed by atoms with Gasteiger partial charge in [-0.3, -0.25) is 14.9 Å². The van der Waals surface area contributed by atoms with Crippen LogP contribution >= 0.6 is 11.3 Å². The fraction of sp³-hybridized carbons (Fsp3) is 0.441. The van der Waals surface area contributed by atoms with Gasteiger partial charge in [-0.2, -0.15) is 13.2 Å². The highest BCUT2D eigenvalue weighted by atomic mass is 32.1. The number of ether oxygens (including phenoxy) is 3. The molecule has 0 radical (unpaired) electrons. The molecule has 0 aliphatic carbocycles. The minimum Gasteiger partial charge on any atom is -0.485 e. The van der Waals surface area contributed by atoms with E-state index in [0.29, 0.717) is 28.9 Å². The molecule has 0 fully saturated rings. The highest BCUT2D eigenvalue weighted by Gasteiger charge is 2.38. The lowest BCUT2D eigenvalue weighted by Crippen LogP contribution is -2.53. The Morgan fingerprint density at radius 3 is 2.23 bits per heavy atom. The lowest BCUT2D eigenvalue weighted by Gasteiger charge is -2.27. The Morgan fingerprint density at radius 2 is 1.62 bits per heavy atom. The van der Waals surface area contributed by atoms with Crippen molar-refractivity contribution in [2.75, 3.05) is 18.0 Å². The zero-order valence-corrected chi connectivity index (χ0v) is 27.9. The standard InChI is InChI=1S/C34H38F4N2O6S/c1-32(2,3)45-27(41)12-14-39-28(31(43)46-33(4,5)6)30(42)40-15-13-21-16-26(24(35)18-25(21)40)44-19-22-17-23(20-10-8-7-9-11-20)29(47-22)34(36,37)38/h7-11,16-18,28,39H,12-15,19H2,1-6H3. The van der Waals surface area contributed by atoms with E-state index in [-0.39, 0.29) is 48.0 Å². The molecule has 2 aromatic carbocycles. The van der Waals surface area contributed by atoms with E-state index in [1.807, 2.05) is 0 Å². The summed E-state index contributed by atoms with van der Waals surface area (Å²) >= 11 is 0.531. The third-order valence-corrected chi connectivity index (χ3v) is 7.93. The van der Waals surface area contributed by atoms with Crippen molar-refractivity contribution in [2.24, 2.45) is 0 Å². The van der Waals surface area contributed by atoms with Crippen molar-refractivity contribution < 1.29 is 46.2 Å². The number of halogens is 4. The Balaban J connectivity index is 1.50. The molecule has 1 amide bonds. The van der Waals surface area contributed by atoms with E-state index in [9.17, 15) is 27.6 Å². The van der Waals surface area contributed by atoms with Gasteiger partial charge in [0, 0.05) is 29.6 Å². The second-order valence-electron chi connectivity index (χ2n) is 13.0. The predicted octanol–water partition coefficient (Wildman–Crippen LogP) is 7.07. The highest BCUT2D eigenvalue weighted by molar-refractivity contribution is 7.12. The molecular weight excluding hydrogens is 640 g/mol. The Kier molecular flexibility index (Phi) is 10.7. The third kappa shape index (κ3) is 9.54. The van der Waals surface area contributed by atoms with Crippen molar-refractivity contribution >= 4 is 34.9 Å². The van der Waals surface area contributed by atoms with Crippen molar-refractivity contribution in [1.29, 1.82) is 0 Å². The number of esters is 2. The first kappa shape index (κ1) is 35.9. The van der Waals surface area contributed by atoms with Crippen LogP contribution in [0.1, 0.15) is 63.3 Å². The van der Waals surface area contributed by atoms with Gasteiger partial charge in [0.05, 0.1) is 12.1 Å². The van der Waals surface area contributed by atoms with Crippen molar-refractivity contribution in [3.8, 4) is 16.9 Å². The molecule has 1 aliphatic heterocycles. The number of hydrogen-bond donors (Lipinski definition) is 1. The summed E-state index contributed by atoms with van der Waals surface area (Å²) < 4.78 is 73.1. The molecule has 0 bridgehead atoms. The predicted molar refractivity (Wildman–Crippen MR) is 170 cm³/mol. The van der Waals surface area contributed by atoms with E-state index in [0.717, 1.165) is 6.07 Å². The lowest BCUT2D eigenvalue weighted by atomic mass is 10.1. The maximum Gasteiger partial charge on any atom is 0.426 e. The van der Waals surface area contributed by atoms with Crippen molar-refractivity contribution in [2.45, 2.75) is 84.4 Å². The molecule has 254 valence electrons. The number of nitrogens with zero attached hydrogens (tertiary/aromatic N) is 1. The number of hydrogen-bond acceptors (Lipinski definition) is 8. The van der Waals surface area contributed by atoms with Crippen LogP contribution in [-0.4, -0.2) is 48.2 Å². The van der Waals surface area contributed by atoms with Crippen LogP contribution in [0.25, 0.3) is 11.1 Å². The van der Waals surface area contributed by atoms with Crippen LogP contribution in [0.3, 0.4) is 0 Å². The Hall–Kier alpha value is -3.97. The summed E-state index contributed by atoms with van der Waals surface area (Å²) in [6, 6.07) is 10.6. The van der Waals surface area contributed by atoms with Gasteiger partial charge in [-0.15, -0.1) is 11.3 Å². The molecule has 13 heteroatoms. The first-order valence-electron chi connectivity index (χ1n) is 15.0. The van der Waals surface area contributed by atoms with Gasteiger partial charge in [-0.1, -0.05) is 30.3 Å². The van der Waals surface area contributed by atoms with Crippen LogP contribution in [0.2, 0.25) is 0 Å². The van der Waals surface area contributed by atoms with Gasteiger partial charge >= 0.3 is 18.1 Å². The molecular formula is C34H38F4N2O6S. The zero-order chi connectivity index (χ0) is 34.7. The van der Waals surface area contributed by atoms with Crippen LogP contribution in [0, 0.1) is 5.82 Å². The number of carbonyl (C=O) groups excluding carboxylic acids is 3. The van der Waals surface area contributed by atoms with Crippen molar-refractivity contribution in [3.63, 3.8) is 0 Å². The van der Waals surface area contributed by atoms with E-state index in [4.69, 9.17) is 14.2 Å². The molecule has 1 aromatic heterocycles. The Labute approximate surface area is 275 Å². The summed E-state index contributed by atoms with van der Waals surface area (Å²) in [5.41, 5.74) is -0.411. The molecule has 1 atom stereocenters. The monoisotopic (exact) mass is 678 g/mol. The summed E-state index contributed by atoms with van der Waals surface area (Å²) in [6.07, 6.45) is -4.38. The molecule has 1 N–H and O–H groups in total. The summed E-state index contributed by atoms with van der Waals surface area (Å²) in [5.74, 6) is -3.08. The molecule has 1 unspecified atom stereocenters. The smallest absolute Gasteiger partial charge is 0.426 e. The number of fused-ring (bicyclic) bond motifs is 1. The van der Waals surface area contributed by atoms with Gasteiger partial charge in [0.25, 0.3) is 5.91 Å². The molecule has 2 heterocycles. The maximum absolute atomic E-state index is 15.3. The minimum absolute atomic E-state index is 0.0181. The molecule has 0 saturated heterocycles. The molecule has 1 aliphatic rings. The molecule has 0 saturated carbocycles. The van der Waals surface area contributed by atoms with E-state index in [1.165, 1.54) is 17.0 Å². The second kappa shape index (κ2) is 14.0. The van der Waals surface area contributed by atoms with E-state index in [1.54, 1.807) is 71.9 Å². The van der Waals surface area contributed by atoms with Gasteiger partial charge < -0.3 is 19.1 Å². The number of thiophene rings is 1. The maximum atomic E-state index is 15.3. The van der Waals surface area contributed by atoms with E-state index in [2.05, 4.69) is 5.32 Å². The molecule has 8 nitrogen and oxygen atoms in total. The van der Waals surface area contributed by atoms with Gasteiger partial charge in [0.15, 0.2) is 17.6 Å². The molecule has 0 spiro atoms. The Morgan fingerprint density at radius 1 is 0.957 bits per heavy atom. The fourth-order valence-electron chi connectivity index (χ4n) is 4.93. The summed E-state index contributed by atoms with van der Waals surface area (Å²) in [4.78, 5) is 39.7. The first-order valence-corrected chi connectivity index (χ1v) is 15.8. The van der Waals surface area contributed by atoms with Gasteiger partial charge in [-0.05, 0) is 71.2 Å². The average Bonchev–Trinajstić information content (AvgIpc) is 3.57. The van der Waals surface area contributed by atoms with Crippen LogP contribution in [0.5, 0.6) is 5.75 Å². The SMILES string of the molecule is CC(C)(C)OC(=O)CCNC(C(=O)OC(C)(C)C)C(=O)N1CCc2cc(OCc3cc(-c4ccccc4)c(C(F)(F)F)s3)c(F)cc21. The quantitative estimate of drug-likeness (QED) is 0.139. The van der Waals surface area contributed by atoms with E-state index >= 15 is 4.39 Å². The Bertz CT molecular complexity index is 1610. The number of amides is 1. The number of nitrogens with one attached hydrogen (secondary N) is 1. The minimum atomic E-state index is -4.58. The largest absolute Gasteiger partial charge is 0.485 e. The molecule has 47 heavy (non-hydrogen) atoms. The zero-order valence-electron chi connectivity index (χ0n) is 27.0. The number of carbonyl (C=O) groups is 3. The number of benzene rings is 2. The summed E-state index contributed by atoms with van der Waals surface area (Å²) in [7, 11) is 0.